The number of Topliss-reactive ketones (excluding diaryl/α,β-unsaturated/α-hetero) is 1. The largest absolute Gasteiger partial charge is 0.292 e. The Morgan fingerprint density at radius 1 is 1.33 bits per heavy atom. The average molecular weight is 353 g/mol. The molecule has 0 aliphatic rings. The van der Waals surface area contributed by atoms with Crippen molar-refractivity contribution in [2.45, 2.75) is 5.92 Å². The Morgan fingerprint density at radius 2 is 2.21 bits per heavy atom. The molecule has 0 saturated heterocycles. The van der Waals surface area contributed by atoms with E-state index in [1.807, 2.05) is 12.1 Å². The Hall–Kier alpha value is -2.75. The van der Waals surface area contributed by atoms with Crippen molar-refractivity contribution in [3.8, 4) is 6.07 Å². The number of aromatic nitrogens is 3. The number of hydrogen-bond donors (Lipinski definition) is 1. The van der Waals surface area contributed by atoms with Crippen molar-refractivity contribution in [3.05, 3.63) is 58.2 Å². The highest BCUT2D eigenvalue weighted by Crippen LogP contribution is 2.32. The van der Waals surface area contributed by atoms with Crippen LogP contribution < -0.4 is 0 Å². The molecule has 0 radical (unpaired) electrons. The molecule has 0 unspecified atom stereocenters. The number of fused-ring (bicyclic) bond motifs is 2. The van der Waals surface area contributed by atoms with Gasteiger partial charge in [-0.25, -0.2) is 4.98 Å². The second-order valence-electron chi connectivity index (χ2n) is 5.23. The van der Waals surface area contributed by atoms with Crippen LogP contribution in [0.3, 0.4) is 0 Å². The van der Waals surface area contributed by atoms with Gasteiger partial charge in [-0.2, -0.15) is 10.4 Å². The molecule has 0 amide bonds. The summed E-state index contributed by atoms with van der Waals surface area (Å²) in [6.45, 7) is 0. The third kappa shape index (κ3) is 2.35. The summed E-state index contributed by atoms with van der Waals surface area (Å²) in [6, 6.07) is 12.7. The van der Waals surface area contributed by atoms with E-state index >= 15 is 0 Å². The first-order valence-corrected chi connectivity index (χ1v) is 8.29. The second kappa shape index (κ2) is 5.71. The molecule has 0 aliphatic heterocycles. The lowest BCUT2D eigenvalue weighted by atomic mass is 9.97. The smallest absolute Gasteiger partial charge is 0.187 e. The molecule has 4 rings (SSSR count). The third-order valence-corrected chi connectivity index (χ3v) is 5.09. The van der Waals surface area contributed by atoms with Gasteiger partial charge in [0.15, 0.2) is 11.7 Å². The highest BCUT2D eigenvalue weighted by atomic mass is 35.5. The molecule has 0 saturated carbocycles. The fourth-order valence-electron chi connectivity index (χ4n) is 2.61. The number of nitriles is 1. The van der Waals surface area contributed by atoms with Gasteiger partial charge < -0.3 is 0 Å². The van der Waals surface area contributed by atoms with Gasteiger partial charge in [0.1, 0.15) is 5.01 Å². The Kier molecular flexibility index (Phi) is 3.53. The first-order valence-electron chi connectivity index (χ1n) is 7.09. The van der Waals surface area contributed by atoms with Crippen LogP contribution in [0.1, 0.15) is 21.3 Å². The molecule has 1 atom stereocenters. The minimum absolute atomic E-state index is 0.283. The third-order valence-electron chi connectivity index (χ3n) is 3.75. The van der Waals surface area contributed by atoms with Crippen molar-refractivity contribution in [2.75, 3.05) is 0 Å². The maximum Gasteiger partial charge on any atom is 0.187 e. The summed E-state index contributed by atoms with van der Waals surface area (Å²) < 4.78 is 0.893. The van der Waals surface area contributed by atoms with Gasteiger partial charge in [0.25, 0.3) is 0 Å². The number of H-pyrrole nitrogens is 1. The Morgan fingerprint density at radius 3 is 3.04 bits per heavy atom. The van der Waals surface area contributed by atoms with E-state index in [0.717, 1.165) is 10.2 Å². The molecule has 4 aromatic rings. The highest BCUT2D eigenvalue weighted by Gasteiger charge is 2.27. The van der Waals surface area contributed by atoms with Crippen molar-refractivity contribution in [3.63, 3.8) is 0 Å². The van der Waals surface area contributed by atoms with E-state index in [4.69, 9.17) is 11.6 Å². The number of halogens is 1. The maximum absolute atomic E-state index is 12.9. The molecule has 24 heavy (non-hydrogen) atoms. The number of ketones is 1. The monoisotopic (exact) mass is 352 g/mol. The summed E-state index contributed by atoms with van der Waals surface area (Å²) in [7, 11) is 0. The van der Waals surface area contributed by atoms with Gasteiger partial charge in [-0.05, 0) is 24.3 Å². The summed E-state index contributed by atoms with van der Waals surface area (Å²) in [4.78, 5) is 17.3. The number of thiazole rings is 1. The van der Waals surface area contributed by atoms with Crippen LogP contribution in [0.4, 0.5) is 0 Å². The molecule has 2 heterocycles. The van der Waals surface area contributed by atoms with Crippen molar-refractivity contribution < 1.29 is 4.79 Å². The molecule has 7 heteroatoms. The molecule has 0 fully saturated rings. The number of nitrogens with one attached hydrogen (secondary N) is 1. The van der Waals surface area contributed by atoms with Gasteiger partial charge in [-0.15, -0.1) is 11.3 Å². The van der Waals surface area contributed by atoms with E-state index in [-0.39, 0.29) is 5.78 Å². The average Bonchev–Trinajstić information content (AvgIpc) is 3.20. The molecule has 1 N–H and O–H groups in total. The van der Waals surface area contributed by atoms with Crippen molar-refractivity contribution in [1.29, 1.82) is 5.26 Å². The number of carbonyl (C=O) groups excluding carboxylic acids is 1. The van der Waals surface area contributed by atoms with Crippen LogP contribution in [-0.4, -0.2) is 21.0 Å². The molecular formula is C17H9ClN4OS. The number of nitrogens with zero attached hydrogens (tertiary/aromatic N) is 3. The Bertz CT molecular complexity index is 1120. The molecule has 116 valence electrons. The van der Waals surface area contributed by atoms with Gasteiger partial charge >= 0.3 is 0 Å². The number of rotatable bonds is 3. The quantitative estimate of drug-likeness (QED) is 0.557. The minimum atomic E-state index is -0.957. The molecule has 0 spiro atoms. The van der Waals surface area contributed by atoms with Gasteiger partial charge in [-0.1, -0.05) is 23.7 Å². The summed E-state index contributed by atoms with van der Waals surface area (Å²) in [6.07, 6.45) is 1.59. The van der Waals surface area contributed by atoms with Gasteiger partial charge in [0.05, 0.1) is 28.0 Å². The van der Waals surface area contributed by atoms with Crippen LogP contribution in [0.2, 0.25) is 5.02 Å². The number of hydrogen-bond acceptors (Lipinski definition) is 5. The maximum atomic E-state index is 12.9. The highest BCUT2D eigenvalue weighted by molar-refractivity contribution is 7.18. The Balaban J connectivity index is 1.81. The van der Waals surface area contributed by atoms with Crippen LogP contribution in [0, 0.1) is 11.3 Å². The predicted molar refractivity (Wildman–Crippen MR) is 93.4 cm³/mol. The van der Waals surface area contributed by atoms with Crippen molar-refractivity contribution >= 4 is 49.8 Å². The zero-order valence-electron chi connectivity index (χ0n) is 12.2. The predicted octanol–water partition coefficient (Wildman–Crippen LogP) is 4.32. The van der Waals surface area contributed by atoms with Crippen LogP contribution in [-0.2, 0) is 0 Å². The second-order valence-corrected chi connectivity index (χ2v) is 6.73. The summed E-state index contributed by atoms with van der Waals surface area (Å²) in [5.74, 6) is -1.24. The lowest BCUT2D eigenvalue weighted by Crippen LogP contribution is -2.11. The van der Waals surface area contributed by atoms with Crippen LogP contribution >= 0.6 is 22.9 Å². The van der Waals surface area contributed by atoms with Crippen molar-refractivity contribution in [1.82, 2.24) is 15.2 Å². The zero-order chi connectivity index (χ0) is 16.7. The van der Waals surface area contributed by atoms with E-state index in [1.165, 1.54) is 11.3 Å². The zero-order valence-corrected chi connectivity index (χ0v) is 13.7. The topological polar surface area (TPSA) is 82.4 Å². The fourth-order valence-corrected chi connectivity index (χ4v) is 3.76. The fraction of sp³-hybridized carbons (Fsp3) is 0.0588. The molecule has 5 nitrogen and oxygen atoms in total. The summed E-state index contributed by atoms with van der Waals surface area (Å²) >= 11 is 7.31. The van der Waals surface area contributed by atoms with Crippen molar-refractivity contribution in [2.24, 2.45) is 0 Å². The van der Waals surface area contributed by atoms with Crippen LogP contribution in [0.5, 0.6) is 0 Å². The van der Waals surface area contributed by atoms with E-state index in [9.17, 15) is 10.1 Å². The first kappa shape index (κ1) is 14.8. The van der Waals surface area contributed by atoms with Crippen LogP contribution in [0.25, 0.3) is 21.1 Å². The summed E-state index contributed by atoms with van der Waals surface area (Å²) in [5.41, 5.74) is 1.91. The van der Waals surface area contributed by atoms with E-state index in [0.29, 0.717) is 26.5 Å². The Labute approximate surface area is 145 Å². The van der Waals surface area contributed by atoms with E-state index in [1.54, 1.807) is 30.5 Å². The van der Waals surface area contributed by atoms with Gasteiger partial charge in [0, 0.05) is 16.0 Å². The minimum Gasteiger partial charge on any atom is -0.292 e. The first-order chi connectivity index (χ1) is 11.7. The molecule has 0 bridgehead atoms. The lowest BCUT2D eigenvalue weighted by molar-refractivity contribution is 0.0980. The lowest BCUT2D eigenvalue weighted by Gasteiger charge is -2.06. The molecular weight excluding hydrogens is 344 g/mol. The van der Waals surface area contributed by atoms with Gasteiger partial charge in [-0.3, -0.25) is 9.89 Å². The standard InChI is InChI=1S/C17H9ClN4OS/c18-9-4-5-15-14(6-9)21-17(24-15)11(7-19)16(23)10-2-1-3-13-12(10)8-20-22-13/h1-6,8,11H,(H,20,22)/t11-/m0/s1. The number of carbonyl (C=O) groups is 1. The SMILES string of the molecule is N#C[C@@H](C(=O)c1cccc2[nH]ncc12)c1nc2cc(Cl)ccc2s1. The molecule has 0 aliphatic carbocycles. The van der Waals surface area contributed by atoms with E-state index < -0.39 is 5.92 Å². The normalized spacial score (nSPS) is 12.3. The molecule has 2 aromatic heterocycles. The number of aromatic amines is 1. The van der Waals surface area contributed by atoms with Crippen LogP contribution in [0.15, 0.2) is 42.6 Å². The van der Waals surface area contributed by atoms with Gasteiger partial charge in [0.2, 0.25) is 0 Å². The molecule has 2 aromatic carbocycles. The van der Waals surface area contributed by atoms with E-state index in [2.05, 4.69) is 21.3 Å². The number of benzene rings is 2. The summed E-state index contributed by atoms with van der Waals surface area (Å²) in [5, 5.41) is 18.1.